The summed E-state index contributed by atoms with van der Waals surface area (Å²) in [4.78, 5) is 23.7. The van der Waals surface area contributed by atoms with Gasteiger partial charge in [0.05, 0.1) is 0 Å². The lowest BCUT2D eigenvalue weighted by atomic mass is 10.2. The van der Waals surface area contributed by atoms with Crippen LogP contribution in [0.15, 0.2) is 21.9 Å². The van der Waals surface area contributed by atoms with Gasteiger partial charge in [-0.2, -0.15) is 0 Å². The van der Waals surface area contributed by atoms with E-state index in [0.29, 0.717) is 25.7 Å². The number of nitrogens with zero attached hydrogens (tertiary/aromatic N) is 2. The third-order valence-corrected chi connectivity index (χ3v) is 3.04. The van der Waals surface area contributed by atoms with Crippen LogP contribution in [0, 0.1) is 0 Å². The van der Waals surface area contributed by atoms with Gasteiger partial charge < -0.3 is 9.88 Å². The number of hydrogen-bond donors (Lipinski definition) is 1. The first-order chi connectivity index (χ1) is 8.60. The average molecular weight is 253 g/mol. The predicted octanol–water partition coefficient (Wildman–Crippen LogP) is 0.808. The fraction of sp³-hybridized carbons (Fsp3) is 0.692. The maximum atomic E-state index is 12.0. The number of rotatable bonds is 7. The summed E-state index contributed by atoms with van der Waals surface area (Å²) in [5.41, 5.74) is -0.436. The smallest absolute Gasteiger partial charge is 0.312 e. The van der Waals surface area contributed by atoms with Gasteiger partial charge in [0, 0.05) is 37.9 Å². The Morgan fingerprint density at radius 3 is 2.61 bits per heavy atom. The monoisotopic (exact) mass is 253 g/mol. The van der Waals surface area contributed by atoms with Gasteiger partial charge in [0.15, 0.2) is 0 Å². The first-order valence-corrected chi connectivity index (χ1v) is 6.63. The van der Waals surface area contributed by atoms with E-state index in [2.05, 4.69) is 19.2 Å². The molecule has 102 valence electrons. The Hall–Kier alpha value is -1.36. The van der Waals surface area contributed by atoms with Crippen molar-refractivity contribution in [2.75, 3.05) is 6.54 Å². The van der Waals surface area contributed by atoms with Crippen LogP contribution in [-0.2, 0) is 13.1 Å². The van der Waals surface area contributed by atoms with Crippen molar-refractivity contribution in [2.24, 2.45) is 0 Å². The van der Waals surface area contributed by atoms with E-state index in [0.717, 1.165) is 12.8 Å². The minimum Gasteiger partial charge on any atom is -0.312 e. The molecule has 0 radical (unpaired) electrons. The topological polar surface area (TPSA) is 56.0 Å². The highest BCUT2D eigenvalue weighted by atomic mass is 16.2. The molecule has 5 heteroatoms. The summed E-state index contributed by atoms with van der Waals surface area (Å²) >= 11 is 0. The fourth-order valence-corrected chi connectivity index (χ4v) is 1.74. The van der Waals surface area contributed by atoms with Crippen molar-refractivity contribution in [3.8, 4) is 0 Å². The second-order valence-corrected chi connectivity index (χ2v) is 4.55. The third kappa shape index (κ3) is 3.84. The molecule has 0 aliphatic rings. The highest BCUT2D eigenvalue weighted by Gasteiger charge is 2.05. The van der Waals surface area contributed by atoms with Crippen molar-refractivity contribution in [3.05, 3.63) is 33.1 Å². The minimum atomic E-state index is -0.224. The maximum absolute atomic E-state index is 12.0. The normalized spacial score (nSPS) is 12.6. The zero-order valence-electron chi connectivity index (χ0n) is 11.5. The molecule has 0 spiro atoms. The van der Waals surface area contributed by atoms with Gasteiger partial charge in [-0.3, -0.25) is 9.36 Å². The number of aromatic nitrogens is 2. The summed E-state index contributed by atoms with van der Waals surface area (Å²) < 4.78 is 2.88. The van der Waals surface area contributed by atoms with Crippen LogP contribution in [0.3, 0.4) is 0 Å². The Labute approximate surface area is 107 Å². The van der Waals surface area contributed by atoms with E-state index in [1.807, 2.05) is 6.92 Å². The molecule has 0 amide bonds. The van der Waals surface area contributed by atoms with Crippen LogP contribution in [0.5, 0.6) is 0 Å². The van der Waals surface area contributed by atoms with Crippen LogP contribution in [0.2, 0.25) is 0 Å². The summed E-state index contributed by atoms with van der Waals surface area (Å²) in [6, 6.07) is 1.86. The van der Waals surface area contributed by atoms with Gasteiger partial charge in [-0.15, -0.1) is 0 Å². The Bertz CT molecular complexity index is 476. The summed E-state index contributed by atoms with van der Waals surface area (Å²) in [5.74, 6) is 0. The standard InChI is InChI=1S/C13H23N3O2/c1-4-8-15-9-6-12(17)16(13(15)18)10-7-14-11(3)5-2/h6,9,11,14H,4-5,7-8,10H2,1-3H3. The lowest BCUT2D eigenvalue weighted by Crippen LogP contribution is -2.42. The number of hydrogen-bond acceptors (Lipinski definition) is 3. The molecule has 0 bridgehead atoms. The van der Waals surface area contributed by atoms with Crippen molar-refractivity contribution in [1.29, 1.82) is 0 Å². The van der Waals surface area contributed by atoms with Crippen LogP contribution in [0.25, 0.3) is 0 Å². The van der Waals surface area contributed by atoms with E-state index in [-0.39, 0.29) is 11.2 Å². The Morgan fingerprint density at radius 1 is 1.28 bits per heavy atom. The highest BCUT2D eigenvalue weighted by Crippen LogP contribution is 1.87. The first kappa shape index (κ1) is 14.7. The van der Waals surface area contributed by atoms with E-state index in [1.165, 1.54) is 10.6 Å². The summed E-state index contributed by atoms with van der Waals surface area (Å²) in [6.07, 6.45) is 3.49. The zero-order chi connectivity index (χ0) is 13.5. The largest absolute Gasteiger partial charge is 0.331 e. The minimum absolute atomic E-state index is 0.213. The van der Waals surface area contributed by atoms with Crippen molar-refractivity contribution in [1.82, 2.24) is 14.5 Å². The van der Waals surface area contributed by atoms with Crippen LogP contribution in [0.4, 0.5) is 0 Å². The number of nitrogens with one attached hydrogen (secondary N) is 1. The molecule has 0 aliphatic carbocycles. The quantitative estimate of drug-likeness (QED) is 0.782. The molecule has 18 heavy (non-hydrogen) atoms. The van der Waals surface area contributed by atoms with Gasteiger partial charge in [0.1, 0.15) is 0 Å². The van der Waals surface area contributed by atoms with Crippen LogP contribution in [-0.4, -0.2) is 21.7 Å². The predicted molar refractivity (Wildman–Crippen MR) is 73.0 cm³/mol. The van der Waals surface area contributed by atoms with E-state index < -0.39 is 0 Å². The second kappa shape index (κ2) is 7.16. The molecule has 0 saturated heterocycles. The van der Waals surface area contributed by atoms with Crippen LogP contribution < -0.4 is 16.6 Å². The van der Waals surface area contributed by atoms with E-state index in [9.17, 15) is 9.59 Å². The van der Waals surface area contributed by atoms with Gasteiger partial charge in [0.25, 0.3) is 5.56 Å². The summed E-state index contributed by atoms with van der Waals surface area (Å²) in [5, 5.41) is 3.28. The van der Waals surface area contributed by atoms with Gasteiger partial charge >= 0.3 is 5.69 Å². The Morgan fingerprint density at radius 2 is 2.00 bits per heavy atom. The van der Waals surface area contributed by atoms with E-state index >= 15 is 0 Å². The molecule has 0 saturated carbocycles. The van der Waals surface area contributed by atoms with E-state index in [4.69, 9.17) is 0 Å². The molecule has 1 unspecified atom stereocenters. The molecular formula is C13H23N3O2. The van der Waals surface area contributed by atoms with Gasteiger partial charge in [-0.25, -0.2) is 4.79 Å². The molecule has 1 atom stereocenters. The lowest BCUT2D eigenvalue weighted by molar-refractivity contribution is 0.477. The Balaban J connectivity index is 2.78. The summed E-state index contributed by atoms with van der Waals surface area (Å²) in [6.45, 7) is 7.90. The highest BCUT2D eigenvalue weighted by molar-refractivity contribution is 4.86. The van der Waals surface area contributed by atoms with Crippen LogP contribution in [0.1, 0.15) is 33.6 Å². The second-order valence-electron chi connectivity index (χ2n) is 4.55. The molecule has 0 aliphatic heterocycles. The van der Waals surface area contributed by atoms with Crippen molar-refractivity contribution in [2.45, 2.75) is 52.7 Å². The molecule has 5 nitrogen and oxygen atoms in total. The van der Waals surface area contributed by atoms with Gasteiger partial charge in [-0.1, -0.05) is 13.8 Å². The molecule has 1 aromatic heterocycles. The SMILES string of the molecule is CCCn1ccc(=O)n(CCNC(C)CC)c1=O. The first-order valence-electron chi connectivity index (χ1n) is 6.63. The molecule has 0 aromatic carbocycles. The Kier molecular flexibility index (Phi) is 5.85. The molecule has 1 rings (SSSR count). The van der Waals surface area contributed by atoms with Crippen molar-refractivity contribution >= 4 is 0 Å². The van der Waals surface area contributed by atoms with E-state index in [1.54, 1.807) is 10.8 Å². The van der Waals surface area contributed by atoms with Gasteiger partial charge in [-0.05, 0) is 19.8 Å². The lowest BCUT2D eigenvalue weighted by Gasteiger charge is -2.12. The third-order valence-electron chi connectivity index (χ3n) is 3.04. The van der Waals surface area contributed by atoms with Gasteiger partial charge in [0.2, 0.25) is 0 Å². The van der Waals surface area contributed by atoms with Crippen molar-refractivity contribution < 1.29 is 0 Å². The fourth-order valence-electron chi connectivity index (χ4n) is 1.74. The molecule has 1 aromatic rings. The van der Waals surface area contributed by atoms with Crippen LogP contribution >= 0.6 is 0 Å². The molecule has 0 fully saturated rings. The molecule has 1 heterocycles. The average Bonchev–Trinajstić information content (AvgIpc) is 2.36. The van der Waals surface area contributed by atoms with Crippen molar-refractivity contribution in [3.63, 3.8) is 0 Å². The maximum Gasteiger partial charge on any atom is 0.331 e. The molecular weight excluding hydrogens is 230 g/mol. The molecule has 1 N–H and O–H groups in total. The zero-order valence-corrected chi connectivity index (χ0v) is 11.5. The number of aryl methyl sites for hydroxylation is 1. The summed E-state index contributed by atoms with van der Waals surface area (Å²) in [7, 11) is 0.